The molecule has 26 heavy (non-hydrogen) atoms. The molecule has 0 aliphatic carbocycles. The van der Waals surface area contributed by atoms with Crippen molar-refractivity contribution >= 4 is 17.6 Å². The van der Waals surface area contributed by atoms with Gasteiger partial charge in [-0.25, -0.2) is 4.79 Å². The van der Waals surface area contributed by atoms with E-state index in [9.17, 15) is 19.7 Å². The van der Waals surface area contributed by atoms with E-state index in [1.165, 1.54) is 4.90 Å². The van der Waals surface area contributed by atoms with Crippen LogP contribution in [-0.4, -0.2) is 56.3 Å². The zero-order valence-electron chi connectivity index (χ0n) is 13.9. The summed E-state index contributed by atoms with van der Waals surface area (Å²) in [5.74, 6) is -1.81. The first-order chi connectivity index (χ1) is 12.3. The highest BCUT2D eigenvalue weighted by Crippen LogP contribution is 2.24. The molecule has 1 aromatic heterocycles. The van der Waals surface area contributed by atoms with Crippen molar-refractivity contribution in [3.05, 3.63) is 57.4 Å². The Bertz CT molecular complexity index is 845. The van der Waals surface area contributed by atoms with Crippen LogP contribution in [0.2, 0.25) is 0 Å². The van der Waals surface area contributed by atoms with Crippen molar-refractivity contribution in [2.24, 2.45) is 7.05 Å². The largest absolute Gasteiger partial charge is 0.478 e. The lowest BCUT2D eigenvalue weighted by Crippen LogP contribution is -2.42. The number of carbonyl (C=O) groups is 2. The van der Waals surface area contributed by atoms with Crippen LogP contribution in [-0.2, 0) is 11.8 Å². The summed E-state index contributed by atoms with van der Waals surface area (Å²) in [6, 6.07) is 3.16. The number of ether oxygens (including phenoxy) is 1. The monoisotopic (exact) mass is 360 g/mol. The normalized spacial score (nSPS) is 17.1. The maximum Gasteiger partial charge on any atom is 0.335 e. The molecule has 2 heterocycles. The third-order valence-corrected chi connectivity index (χ3v) is 4.07. The summed E-state index contributed by atoms with van der Waals surface area (Å²) >= 11 is 0. The second kappa shape index (κ2) is 6.92. The third-order valence-electron chi connectivity index (χ3n) is 4.07. The Morgan fingerprint density at radius 3 is 2.69 bits per heavy atom. The Labute approximate surface area is 147 Å². The fourth-order valence-electron chi connectivity index (χ4n) is 2.79. The van der Waals surface area contributed by atoms with Gasteiger partial charge in [0, 0.05) is 43.0 Å². The number of aromatic carboxylic acids is 1. The average molecular weight is 360 g/mol. The van der Waals surface area contributed by atoms with Gasteiger partial charge in [-0.05, 0) is 6.07 Å². The number of aryl methyl sites for hydroxylation is 1. The number of morpholine rings is 1. The quantitative estimate of drug-likeness (QED) is 0.641. The number of hydrogen-bond donors (Lipinski definition) is 1. The van der Waals surface area contributed by atoms with Gasteiger partial charge in [-0.3, -0.25) is 19.6 Å². The summed E-state index contributed by atoms with van der Waals surface area (Å²) in [4.78, 5) is 35.8. The van der Waals surface area contributed by atoms with Crippen molar-refractivity contribution in [2.45, 2.75) is 6.10 Å². The van der Waals surface area contributed by atoms with Crippen LogP contribution in [0, 0.1) is 10.1 Å². The minimum absolute atomic E-state index is 0.0385. The molecule has 1 amide bonds. The first-order valence-corrected chi connectivity index (χ1v) is 7.77. The molecule has 1 aromatic carbocycles. The van der Waals surface area contributed by atoms with Crippen molar-refractivity contribution in [3.63, 3.8) is 0 Å². The second-order valence-corrected chi connectivity index (χ2v) is 5.89. The fraction of sp³-hybridized carbons (Fsp3) is 0.312. The molecule has 1 atom stereocenters. The van der Waals surface area contributed by atoms with Crippen molar-refractivity contribution in [3.8, 4) is 0 Å². The van der Waals surface area contributed by atoms with Crippen molar-refractivity contribution < 1.29 is 24.4 Å². The van der Waals surface area contributed by atoms with Crippen LogP contribution < -0.4 is 0 Å². The standard InChI is InChI=1S/C16H16N4O6/c1-18-8-12(7-17-18)14-9-19(2-3-26-14)15(21)10-4-11(16(22)23)6-13(5-10)20(24)25/h4-8,14H,2-3,9H2,1H3,(H,22,23). The van der Waals surface area contributed by atoms with Gasteiger partial charge in [0.05, 0.1) is 29.8 Å². The number of carboxylic acid groups (broad SMARTS) is 1. The zero-order valence-corrected chi connectivity index (χ0v) is 13.9. The molecule has 1 unspecified atom stereocenters. The first kappa shape index (κ1) is 17.5. The number of nitrogens with zero attached hydrogens (tertiary/aromatic N) is 4. The van der Waals surface area contributed by atoms with Crippen LogP contribution in [0.3, 0.4) is 0 Å². The molecule has 3 rings (SSSR count). The van der Waals surface area contributed by atoms with Crippen LogP contribution in [0.1, 0.15) is 32.4 Å². The van der Waals surface area contributed by atoms with E-state index < -0.39 is 22.5 Å². The van der Waals surface area contributed by atoms with Crippen molar-refractivity contribution in [2.75, 3.05) is 19.7 Å². The summed E-state index contributed by atoms with van der Waals surface area (Å²) in [6.45, 7) is 0.850. The van der Waals surface area contributed by atoms with Crippen LogP contribution >= 0.6 is 0 Å². The molecule has 10 heteroatoms. The van der Waals surface area contributed by atoms with Gasteiger partial charge in [0.1, 0.15) is 6.10 Å². The van der Waals surface area contributed by atoms with E-state index in [2.05, 4.69) is 5.10 Å². The van der Waals surface area contributed by atoms with Gasteiger partial charge < -0.3 is 14.7 Å². The highest BCUT2D eigenvalue weighted by molar-refractivity contribution is 5.98. The van der Waals surface area contributed by atoms with Gasteiger partial charge in [-0.2, -0.15) is 5.10 Å². The van der Waals surface area contributed by atoms with E-state index in [0.29, 0.717) is 13.2 Å². The van der Waals surface area contributed by atoms with Crippen molar-refractivity contribution in [1.82, 2.24) is 14.7 Å². The highest BCUT2D eigenvalue weighted by atomic mass is 16.6. The number of carbonyl (C=O) groups excluding carboxylic acids is 1. The number of hydrogen-bond acceptors (Lipinski definition) is 6. The lowest BCUT2D eigenvalue weighted by molar-refractivity contribution is -0.384. The molecular weight excluding hydrogens is 344 g/mol. The Morgan fingerprint density at radius 1 is 1.35 bits per heavy atom. The fourth-order valence-corrected chi connectivity index (χ4v) is 2.79. The van der Waals surface area contributed by atoms with Gasteiger partial charge >= 0.3 is 5.97 Å². The van der Waals surface area contributed by atoms with E-state index in [1.807, 2.05) is 0 Å². The molecule has 0 radical (unpaired) electrons. The van der Waals surface area contributed by atoms with Crippen LogP contribution in [0.15, 0.2) is 30.6 Å². The number of non-ortho nitro benzene ring substituents is 1. The Balaban J connectivity index is 1.86. The maximum atomic E-state index is 12.8. The number of nitro groups is 1. The molecular formula is C16H16N4O6. The van der Waals surface area contributed by atoms with Gasteiger partial charge in [0.25, 0.3) is 11.6 Å². The van der Waals surface area contributed by atoms with Crippen LogP contribution in [0.25, 0.3) is 0 Å². The summed E-state index contributed by atoms with van der Waals surface area (Å²) < 4.78 is 7.29. The molecule has 2 aromatic rings. The van der Waals surface area contributed by atoms with Gasteiger partial charge in [0.2, 0.25) is 0 Å². The van der Waals surface area contributed by atoms with Gasteiger partial charge in [0.15, 0.2) is 0 Å². The molecule has 0 spiro atoms. The molecule has 0 saturated carbocycles. The summed E-state index contributed by atoms with van der Waals surface area (Å²) in [6.07, 6.45) is 3.07. The summed E-state index contributed by atoms with van der Waals surface area (Å²) in [5, 5.41) is 24.2. The topological polar surface area (TPSA) is 128 Å². The van der Waals surface area contributed by atoms with E-state index in [4.69, 9.17) is 9.84 Å². The number of rotatable bonds is 4. The number of nitro benzene ring substituents is 1. The highest BCUT2D eigenvalue weighted by Gasteiger charge is 2.28. The molecule has 1 saturated heterocycles. The minimum Gasteiger partial charge on any atom is -0.478 e. The second-order valence-electron chi connectivity index (χ2n) is 5.89. The SMILES string of the molecule is Cn1cc(C2CN(C(=O)c3cc(C(=O)O)cc([N+](=O)[O-])c3)CCO2)cn1. The molecule has 1 fully saturated rings. The van der Waals surface area contributed by atoms with E-state index in [0.717, 1.165) is 23.8 Å². The molecule has 136 valence electrons. The number of benzene rings is 1. The molecule has 1 aliphatic rings. The number of carboxylic acids is 1. The van der Waals surface area contributed by atoms with E-state index in [1.54, 1.807) is 24.1 Å². The smallest absolute Gasteiger partial charge is 0.335 e. The molecule has 1 aliphatic heterocycles. The van der Waals surface area contributed by atoms with Crippen molar-refractivity contribution in [1.29, 1.82) is 0 Å². The Kier molecular flexibility index (Phi) is 4.67. The lowest BCUT2D eigenvalue weighted by atomic mass is 10.1. The lowest BCUT2D eigenvalue weighted by Gasteiger charge is -2.32. The Morgan fingerprint density at radius 2 is 2.08 bits per heavy atom. The summed E-state index contributed by atoms with van der Waals surface area (Å²) in [5.41, 5.74) is 0.0311. The molecule has 1 N–H and O–H groups in total. The minimum atomic E-state index is -1.34. The first-order valence-electron chi connectivity index (χ1n) is 7.77. The molecule has 0 bridgehead atoms. The number of aromatic nitrogens is 2. The predicted molar refractivity (Wildman–Crippen MR) is 87.9 cm³/mol. The summed E-state index contributed by atoms with van der Waals surface area (Å²) in [7, 11) is 1.77. The van der Waals surface area contributed by atoms with E-state index in [-0.39, 0.29) is 23.8 Å². The average Bonchev–Trinajstić information content (AvgIpc) is 3.07. The van der Waals surface area contributed by atoms with Crippen LogP contribution in [0.5, 0.6) is 0 Å². The van der Waals surface area contributed by atoms with Gasteiger partial charge in [-0.15, -0.1) is 0 Å². The maximum absolute atomic E-state index is 12.8. The predicted octanol–water partition coefficient (Wildman–Crippen LogP) is 1.24. The Hall–Kier alpha value is -3.27. The third kappa shape index (κ3) is 3.54. The molecule has 10 nitrogen and oxygen atoms in total. The van der Waals surface area contributed by atoms with E-state index >= 15 is 0 Å². The number of amides is 1. The van der Waals surface area contributed by atoms with Crippen LogP contribution in [0.4, 0.5) is 5.69 Å². The zero-order chi connectivity index (χ0) is 18.8. The van der Waals surface area contributed by atoms with Gasteiger partial charge in [-0.1, -0.05) is 0 Å².